The first kappa shape index (κ1) is 58.8. The van der Waals surface area contributed by atoms with Gasteiger partial charge in [-0.3, -0.25) is 38.6 Å². The molecule has 4 amide bonds. The lowest BCUT2D eigenvalue weighted by atomic mass is 9.92. The molecule has 0 saturated carbocycles. The Labute approximate surface area is 489 Å². The third-order valence-corrected chi connectivity index (χ3v) is 15.7. The van der Waals surface area contributed by atoms with Crippen molar-refractivity contribution in [3.63, 3.8) is 0 Å². The minimum absolute atomic E-state index is 0.0936. The molecular weight excluding hydrogens is 1140 g/mol. The van der Waals surface area contributed by atoms with Crippen LogP contribution in [0.25, 0.3) is 43.1 Å². The number of hydrogen-bond acceptors (Lipinski definition) is 15. The summed E-state index contributed by atoms with van der Waals surface area (Å²) in [6.45, 7) is 3.32. The molecular formula is C64H56BrN5O14. The maximum atomic E-state index is 12.8. The summed E-state index contributed by atoms with van der Waals surface area (Å²) in [5.41, 5.74) is 6.56. The zero-order chi connectivity index (χ0) is 60.7. The van der Waals surface area contributed by atoms with Gasteiger partial charge in [-0.15, -0.1) is 0 Å². The number of nitrogens with zero attached hydrogens (tertiary/aromatic N) is 5. The van der Waals surface area contributed by atoms with Crippen molar-refractivity contribution in [1.29, 1.82) is 0 Å². The first-order chi connectivity index (χ1) is 39.9. The standard InChI is InChI=1S/2C19H20N2O4.C14H11NO3.C12H5BrO3/c2*1-11(19(24)25)9-10-21-17(22)13-6-4-5-12-15(20(2)3)8-7-14(16(12)13)18(21)23;1-15(2)11-7-6-10-12-8(11)4-3-5-9(12)13(16)18-14(10)17;13-9-5-4-8-10-6(9)2-1-3-7(10)11(14)16-12(8)15/h2*4-8,11H,9-10H2,1-3H3,(H,24,25);3-7H,1-2H3;1-5H/t2*11-;;/m11../s1. The molecule has 0 aromatic heterocycles. The molecule has 0 saturated heterocycles. The van der Waals surface area contributed by atoms with E-state index in [9.17, 15) is 47.9 Å². The fraction of sp³-hybridized carbons (Fsp3) is 0.219. The maximum absolute atomic E-state index is 12.8. The molecule has 0 aliphatic carbocycles. The summed E-state index contributed by atoms with van der Waals surface area (Å²) >= 11 is 3.39. The number of carboxylic acids is 2. The Hall–Kier alpha value is -9.82. The Morgan fingerprint density at radius 1 is 0.405 bits per heavy atom. The molecule has 19 nitrogen and oxygen atoms in total. The van der Waals surface area contributed by atoms with Gasteiger partial charge < -0.3 is 34.4 Å². The zero-order valence-electron chi connectivity index (χ0n) is 46.9. The summed E-state index contributed by atoms with van der Waals surface area (Å²) in [5, 5.41) is 24.2. The highest BCUT2D eigenvalue weighted by atomic mass is 79.9. The third-order valence-electron chi connectivity index (χ3n) is 15.1. The number of benzene rings is 8. The molecule has 8 aromatic rings. The predicted molar refractivity (Wildman–Crippen MR) is 320 cm³/mol. The maximum Gasteiger partial charge on any atom is 0.346 e. The molecule has 0 bridgehead atoms. The van der Waals surface area contributed by atoms with E-state index in [1.807, 2.05) is 99.5 Å². The minimum Gasteiger partial charge on any atom is -0.481 e. The number of anilines is 3. The van der Waals surface area contributed by atoms with Crippen LogP contribution >= 0.6 is 15.9 Å². The third kappa shape index (κ3) is 10.8. The summed E-state index contributed by atoms with van der Waals surface area (Å²) in [6.07, 6.45) is 0.460. The first-order valence-electron chi connectivity index (χ1n) is 26.5. The van der Waals surface area contributed by atoms with Crippen LogP contribution in [-0.2, 0) is 19.1 Å². The normalized spacial score (nSPS) is 14.4. The molecule has 84 heavy (non-hydrogen) atoms. The molecule has 0 unspecified atom stereocenters. The second kappa shape index (κ2) is 23.6. The fourth-order valence-corrected chi connectivity index (χ4v) is 11.0. The second-order valence-corrected chi connectivity index (χ2v) is 21.9. The van der Waals surface area contributed by atoms with Gasteiger partial charge in [0.1, 0.15) is 0 Å². The van der Waals surface area contributed by atoms with Gasteiger partial charge in [-0.1, -0.05) is 78.3 Å². The van der Waals surface area contributed by atoms with Gasteiger partial charge in [0.2, 0.25) is 0 Å². The number of esters is 4. The summed E-state index contributed by atoms with van der Waals surface area (Å²) in [4.78, 5) is 128. The summed E-state index contributed by atoms with van der Waals surface area (Å²) in [7, 11) is 11.5. The Morgan fingerprint density at radius 3 is 1.00 bits per heavy atom. The van der Waals surface area contributed by atoms with Crippen molar-refractivity contribution in [2.45, 2.75) is 26.7 Å². The number of ether oxygens (including phenoxy) is 2. The Morgan fingerprint density at radius 2 is 0.667 bits per heavy atom. The van der Waals surface area contributed by atoms with Crippen molar-refractivity contribution in [2.24, 2.45) is 11.8 Å². The molecule has 4 aliphatic rings. The van der Waals surface area contributed by atoms with Crippen LogP contribution in [0, 0.1) is 11.8 Å². The first-order valence-corrected chi connectivity index (χ1v) is 27.3. The van der Waals surface area contributed by atoms with Gasteiger partial charge in [0, 0.05) is 137 Å². The van der Waals surface area contributed by atoms with Gasteiger partial charge in [0.25, 0.3) is 23.6 Å². The van der Waals surface area contributed by atoms with Crippen LogP contribution in [0.3, 0.4) is 0 Å². The number of carbonyl (C=O) groups is 10. The number of aliphatic carboxylic acids is 2. The molecule has 0 radical (unpaired) electrons. The van der Waals surface area contributed by atoms with Crippen molar-refractivity contribution in [1.82, 2.24) is 9.80 Å². The van der Waals surface area contributed by atoms with Crippen LogP contribution in [0.5, 0.6) is 0 Å². The van der Waals surface area contributed by atoms with E-state index in [0.29, 0.717) is 66.1 Å². The van der Waals surface area contributed by atoms with E-state index < -0.39 is 47.7 Å². The van der Waals surface area contributed by atoms with Crippen LogP contribution in [0.2, 0.25) is 0 Å². The second-order valence-electron chi connectivity index (χ2n) is 21.0. The average Bonchev–Trinajstić information content (AvgIpc) is 1.76. The SMILES string of the molecule is CN(C)c1ccc2c3c(cccc13)C(=O)OC2=O.C[C@H](CCN1C(=O)c2cccc3c(N(C)C)ccc(c23)C1=O)C(=O)O.C[C@H](CCN1C(=O)c2cccc3c(N(C)C)ccc(c23)C1=O)C(=O)O.O=C1OC(=O)c2ccc(Br)c3cccc1c23. The van der Waals surface area contributed by atoms with Gasteiger partial charge in [0.15, 0.2) is 0 Å². The quantitative estimate of drug-likeness (QED) is 0.0694. The number of carbonyl (C=O) groups excluding carboxylic acids is 8. The molecule has 8 aromatic carbocycles. The summed E-state index contributed by atoms with van der Waals surface area (Å²) in [6, 6.07) is 35.7. The molecule has 2 N–H and O–H groups in total. The van der Waals surface area contributed by atoms with Crippen molar-refractivity contribution < 1.29 is 67.6 Å². The highest BCUT2D eigenvalue weighted by Crippen LogP contribution is 2.39. The van der Waals surface area contributed by atoms with Gasteiger partial charge in [-0.05, 0) is 91.0 Å². The van der Waals surface area contributed by atoms with Crippen LogP contribution in [0.15, 0.2) is 126 Å². The number of imide groups is 2. The Balaban J connectivity index is 0.000000136. The van der Waals surface area contributed by atoms with E-state index in [1.165, 1.54) is 0 Å². The van der Waals surface area contributed by atoms with Crippen LogP contribution in [0.1, 0.15) is 110 Å². The van der Waals surface area contributed by atoms with E-state index in [4.69, 9.17) is 14.9 Å². The molecule has 12 rings (SSSR count). The smallest absolute Gasteiger partial charge is 0.346 e. The van der Waals surface area contributed by atoms with E-state index in [1.54, 1.807) is 92.7 Å². The van der Waals surface area contributed by atoms with Gasteiger partial charge in [-0.25, -0.2) is 19.2 Å². The zero-order valence-corrected chi connectivity index (χ0v) is 48.5. The highest BCUT2D eigenvalue weighted by Gasteiger charge is 2.36. The lowest BCUT2D eigenvalue weighted by Crippen LogP contribution is -2.41. The molecule has 0 fully saturated rings. The van der Waals surface area contributed by atoms with Crippen molar-refractivity contribution >= 4 is 136 Å². The van der Waals surface area contributed by atoms with Crippen LogP contribution in [0.4, 0.5) is 17.1 Å². The largest absolute Gasteiger partial charge is 0.481 e. The molecule has 4 aliphatic heterocycles. The van der Waals surface area contributed by atoms with Gasteiger partial charge in [-0.2, -0.15) is 0 Å². The van der Waals surface area contributed by atoms with E-state index in [2.05, 4.69) is 20.7 Å². The molecule has 4 heterocycles. The number of amides is 4. The monoisotopic (exact) mass is 1200 g/mol. The fourth-order valence-electron chi connectivity index (χ4n) is 10.6. The summed E-state index contributed by atoms with van der Waals surface area (Å²) in [5.74, 6) is -6.88. The topological polar surface area (TPSA) is 246 Å². The lowest BCUT2D eigenvalue weighted by Gasteiger charge is -2.29. The molecule has 2 atom stereocenters. The number of carboxylic acid groups (broad SMARTS) is 2. The Bertz CT molecular complexity index is 3940. The van der Waals surface area contributed by atoms with Gasteiger partial charge >= 0.3 is 35.8 Å². The number of cyclic esters (lactones) is 4. The highest BCUT2D eigenvalue weighted by molar-refractivity contribution is 9.10. The van der Waals surface area contributed by atoms with Crippen molar-refractivity contribution in [3.8, 4) is 0 Å². The summed E-state index contributed by atoms with van der Waals surface area (Å²) < 4.78 is 10.2. The Kier molecular flexibility index (Phi) is 16.5. The van der Waals surface area contributed by atoms with E-state index in [-0.39, 0.29) is 49.6 Å². The minimum atomic E-state index is -0.935. The van der Waals surface area contributed by atoms with Crippen molar-refractivity contribution in [2.75, 3.05) is 70.1 Å². The predicted octanol–water partition coefficient (Wildman–Crippen LogP) is 10.4. The van der Waals surface area contributed by atoms with Crippen LogP contribution in [-0.4, -0.2) is 135 Å². The number of rotatable bonds is 11. The number of hydrogen-bond donors (Lipinski definition) is 2. The van der Waals surface area contributed by atoms with E-state index >= 15 is 0 Å². The lowest BCUT2D eigenvalue weighted by molar-refractivity contribution is -0.142. The molecule has 20 heteroatoms. The average molecular weight is 1200 g/mol. The molecule has 0 spiro atoms. The van der Waals surface area contributed by atoms with E-state index in [0.717, 1.165) is 52.9 Å². The van der Waals surface area contributed by atoms with Crippen molar-refractivity contribution in [3.05, 3.63) is 170 Å². The molecule has 428 valence electrons. The van der Waals surface area contributed by atoms with Crippen LogP contribution < -0.4 is 14.7 Å². The van der Waals surface area contributed by atoms with Gasteiger partial charge in [0.05, 0.1) is 34.1 Å². The number of halogens is 1.